The second-order valence-electron chi connectivity index (χ2n) is 7.34. The van der Waals surface area contributed by atoms with Crippen molar-refractivity contribution >= 4 is 41.3 Å². The Kier molecular flexibility index (Phi) is 7.32. The van der Waals surface area contributed by atoms with E-state index in [0.29, 0.717) is 5.41 Å². The molecule has 0 amide bonds. The molecule has 0 saturated carbocycles. The van der Waals surface area contributed by atoms with Gasteiger partial charge in [0, 0.05) is 42.2 Å². The molecule has 0 unspecified atom stereocenters. The molecule has 0 aliphatic carbocycles. The maximum Gasteiger partial charge on any atom is 0.194 e. The van der Waals surface area contributed by atoms with E-state index in [9.17, 15) is 0 Å². The van der Waals surface area contributed by atoms with Crippen LogP contribution in [0.1, 0.15) is 51.2 Å². The lowest BCUT2D eigenvalue weighted by Gasteiger charge is -2.62. The molecule has 2 rings (SSSR count). The van der Waals surface area contributed by atoms with Gasteiger partial charge in [0.05, 0.1) is 5.01 Å². The maximum atomic E-state index is 4.51. The first-order chi connectivity index (χ1) is 10.3. The lowest BCUT2D eigenvalue weighted by atomic mass is 9.65. The monoisotopic (exact) mass is 450 g/mol. The van der Waals surface area contributed by atoms with E-state index in [1.165, 1.54) is 11.4 Å². The molecule has 23 heavy (non-hydrogen) atoms. The minimum absolute atomic E-state index is 0. The minimum Gasteiger partial charge on any atom is -0.356 e. The first-order valence-corrected chi connectivity index (χ1v) is 9.05. The number of rotatable bonds is 5. The highest BCUT2D eigenvalue weighted by molar-refractivity contribution is 14.0. The smallest absolute Gasteiger partial charge is 0.194 e. The van der Waals surface area contributed by atoms with E-state index in [4.69, 9.17) is 0 Å². The molecule has 1 saturated heterocycles. The molecule has 1 aliphatic rings. The number of guanidine groups is 1. The number of likely N-dealkylation sites (tertiary alicyclic amines) is 1. The van der Waals surface area contributed by atoms with Gasteiger partial charge >= 0.3 is 0 Å². The van der Waals surface area contributed by atoms with Crippen LogP contribution in [-0.4, -0.2) is 41.5 Å². The molecule has 0 aromatic carbocycles. The van der Waals surface area contributed by atoms with E-state index in [-0.39, 0.29) is 29.5 Å². The van der Waals surface area contributed by atoms with Gasteiger partial charge in [-0.2, -0.15) is 0 Å². The number of aliphatic imine (C=N–C) groups is 1. The predicted molar refractivity (Wildman–Crippen MR) is 111 cm³/mol. The van der Waals surface area contributed by atoms with Crippen molar-refractivity contribution in [1.29, 1.82) is 0 Å². The second kappa shape index (κ2) is 8.14. The predicted octanol–water partition coefficient (Wildman–Crippen LogP) is 4.09. The number of nitrogens with one attached hydrogen (secondary N) is 1. The van der Waals surface area contributed by atoms with Crippen molar-refractivity contribution in [2.45, 2.75) is 59.4 Å². The van der Waals surface area contributed by atoms with Gasteiger partial charge in [-0.05, 0) is 40.0 Å². The molecule has 6 heteroatoms. The van der Waals surface area contributed by atoms with Crippen molar-refractivity contribution in [1.82, 2.24) is 15.2 Å². The summed E-state index contributed by atoms with van der Waals surface area (Å²) >= 11 is 1.77. The fourth-order valence-electron chi connectivity index (χ4n) is 2.81. The second-order valence-corrected chi connectivity index (χ2v) is 8.29. The molecule has 0 spiro atoms. The summed E-state index contributed by atoms with van der Waals surface area (Å²) in [6.07, 6.45) is 3.40. The van der Waals surface area contributed by atoms with E-state index < -0.39 is 0 Å². The molecule has 1 aliphatic heterocycles. The van der Waals surface area contributed by atoms with E-state index in [1.807, 2.05) is 7.05 Å². The van der Waals surface area contributed by atoms with Gasteiger partial charge in [0.1, 0.15) is 0 Å². The van der Waals surface area contributed by atoms with E-state index in [0.717, 1.165) is 37.6 Å². The van der Waals surface area contributed by atoms with Crippen molar-refractivity contribution in [2.24, 2.45) is 10.4 Å². The molecule has 1 N–H and O–H groups in total. The quantitative estimate of drug-likeness (QED) is 0.318. The highest BCUT2D eigenvalue weighted by atomic mass is 127. The number of aryl methyl sites for hydroxylation is 2. The third-order valence-corrected chi connectivity index (χ3v) is 6.15. The van der Waals surface area contributed by atoms with Gasteiger partial charge in [0.15, 0.2) is 5.96 Å². The average molecular weight is 450 g/mol. The molecule has 0 bridgehead atoms. The molecule has 0 radical (unpaired) electrons. The highest BCUT2D eigenvalue weighted by Gasteiger charge is 2.53. The highest BCUT2D eigenvalue weighted by Crippen LogP contribution is 2.46. The van der Waals surface area contributed by atoms with E-state index in [1.54, 1.807) is 11.3 Å². The Hall–Kier alpha value is -0.370. The minimum atomic E-state index is 0. The summed E-state index contributed by atoms with van der Waals surface area (Å²) in [4.78, 5) is 11.3. The SMILES string of the molecule is CN=C(NCCCCc1nc(C)cs1)N1CC(C)(C)C1(C)C.I. The summed E-state index contributed by atoms with van der Waals surface area (Å²) in [6, 6.07) is 0. The van der Waals surface area contributed by atoms with Gasteiger partial charge in [-0.25, -0.2) is 4.98 Å². The summed E-state index contributed by atoms with van der Waals surface area (Å²) in [6.45, 7) is 13.4. The standard InChI is InChI=1S/C17H30N4S.HI/c1-13-11-22-14(20-13)9-7-8-10-19-15(18-6)21-12-16(2,3)17(21,4)5;/h11H,7-10,12H2,1-6H3,(H,18,19);1H. The van der Waals surface area contributed by atoms with Gasteiger partial charge in [0.25, 0.3) is 0 Å². The largest absolute Gasteiger partial charge is 0.356 e. The molecule has 132 valence electrons. The van der Waals surface area contributed by atoms with Crippen molar-refractivity contribution in [2.75, 3.05) is 20.1 Å². The van der Waals surface area contributed by atoms with Crippen molar-refractivity contribution < 1.29 is 0 Å². The topological polar surface area (TPSA) is 40.5 Å². The average Bonchev–Trinajstić information content (AvgIpc) is 2.86. The first kappa shape index (κ1) is 20.7. The van der Waals surface area contributed by atoms with Gasteiger partial charge in [-0.15, -0.1) is 35.3 Å². The van der Waals surface area contributed by atoms with Gasteiger partial charge in [-0.1, -0.05) is 13.8 Å². The summed E-state index contributed by atoms with van der Waals surface area (Å²) in [5.74, 6) is 1.04. The van der Waals surface area contributed by atoms with Crippen LogP contribution in [0.4, 0.5) is 0 Å². The number of nitrogens with zero attached hydrogens (tertiary/aromatic N) is 3. The lowest BCUT2D eigenvalue weighted by Crippen LogP contribution is -2.72. The summed E-state index contributed by atoms with van der Waals surface area (Å²) in [5.41, 5.74) is 1.64. The Bertz CT molecular complexity index is 536. The number of hydrogen-bond donors (Lipinski definition) is 1. The van der Waals surface area contributed by atoms with Crippen LogP contribution in [0.25, 0.3) is 0 Å². The number of thiazole rings is 1. The normalized spacial score (nSPS) is 19.0. The molecular weight excluding hydrogens is 419 g/mol. The van der Waals surface area contributed by atoms with Crippen molar-refractivity contribution in [3.8, 4) is 0 Å². The van der Waals surface area contributed by atoms with Gasteiger partial charge in [-0.3, -0.25) is 4.99 Å². The number of hydrogen-bond acceptors (Lipinski definition) is 3. The Balaban J connectivity index is 0.00000264. The Morgan fingerprint density at radius 2 is 2.04 bits per heavy atom. The Morgan fingerprint density at radius 1 is 1.35 bits per heavy atom. The van der Waals surface area contributed by atoms with E-state index >= 15 is 0 Å². The third-order valence-electron chi connectivity index (χ3n) is 5.12. The van der Waals surface area contributed by atoms with Crippen LogP contribution in [0.15, 0.2) is 10.4 Å². The van der Waals surface area contributed by atoms with E-state index in [2.05, 4.69) is 60.2 Å². The zero-order valence-electron chi connectivity index (χ0n) is 15.3. The molecule has 1 fully saturated rings. The van der Waals surface area contributed by atoms with Gasteiger partial charge in [0.2, 0.25) is 0 Å². The third kappa shape index (κ3) is 4.59. The van der Waals surface area contributed by atoms with Crippen LogP contribution in [0.2, 0.25) is 0 Å². The summed E-state index contributed by atoms with van der Waals surface area (Å²) in [5, 5.41) is 6.90. The summed E-state index contributed by atoms with van der Waals surface area (Å²) < 4.78 is 0. The van der Waals surface area contributed by atoms with Crippen LogP contribution in [0.5, 0.6) is 0 Å². The van der Waals surface area contributed by atoms with Gasteiger partial charge < -0.3 is 10.2 Å². The zero-order valence-corrected chi connectivity index (χ0v) is 18.4. The Labute approximate surface area is 162 Å². The summed E-state index contributed by atoms with van der Waals surface area (Å²) in [7, 11) is 1.88. The van der Waals surface area contributed by atoms with Crippen LogP contribution < -0.4 is 5.32 Å². The lowest BCUT2D eigenvalue weighted by molar-refractivity contribution is -0.0667. The number of halogens is 1. The van der Waals surface area contributed by atoms with Crippen LogP contribution in [0.3, 0.4) is 0 Å². The number of aromatic nitrogens is 1. The Morgan fingerprint density at radius 3 is 2.52 bits per heavy atom. The van der Waals surface area contributed by atoms with Crippen LogP contribution in [-0.2, 0) is 6.42 Å². The molecule has 4 nitrogen and oxygen atoms in total. The van der Waals surface area contributed by atoms with Crippen molar-refractivity contribution in [3.63, 3.8) is 0 Å². The van der Waals surface area contributed by atoms with Crippen LogP contribution in [0, 0.1) is 12.3 Å². The molecular formula is C17H31IN4S. The molecule has 2 heterocycles. The fraction of sp³-hybridized carbons (Fsp3) is 0.765. The molecule has 0 atom stereocenters. The fourth-order valence-corrected chi connectivity index (χ4v) is 3.63. The number of unbranched alkanes of at least 4 members (excludes halogenated alkanes) is 1. The molecule has 1 aromatic rings. The van der Waals surface area contributed by atoms with Crippen molar-refractivity contribution in [3.05, 3.63) is 16.1 Å². The van der Waals surface area contributed by atoms with Crippen LogP contribution >= 0.6 is 35.3 Å². The maximum absolute atomic E-state index is 4.51. The first-order valence-electron chi connectivity index (χ1n) is 8.17. The molecule has 1 aromatic heterocycles. The zero-order chi connectivity index (χ0) is 16.4.